The van der Waals surface area contributed by atoms with Gasteiger partial charge in [0.15, 0.2) is 11.5 Å². The van der Waals surface area contributed by atoms with Gasteiger partial charge in [-0.05, 0) is 68.1 Å². The molecule has 0 radical (unpaired) electrons. The van der Waals surface area contributed by atoms with Crippen LogP contribution in [-0.2, 0) is 19.6 Å². The topological polar surface area (TPSA) is 30.5 Å². The SMILES string of the molecule is C=CCc1cc(CNc2cccc(C)c2C)cc(OCC)c1OCc1ccccc1Cl. The molecule has 0 bridgehead atoms. The zero-order chi connectivity index (χ0) is 22.2. The number of hydrogen-bond donors (Lipinski definition) is 1. The summed E-state index contributed by atoms with van der Waals surface area (Å²) < 4.78 is 12.2. The lowest BCUT2D eigenvalue weighted by Crippen LogP contribution is -2.07. The van der Waals surface area contributed by atoms with Crippen molar-refractivity contribution in [2.24, 2.45) is 0 Å². The summed E-state index contributed by atoms with van der Waals surface area (Å²) in [5, 5.41) is 4.25. The fourth-order valence-electron chi connectivity index (χ4n) is 3.46. The molecule has 0 heterocycles. The molecule has 0 saturated heterocycles. The van der Waals surface area contributed by atoms with Crippen LogP contribution in [0.1, 0.15) is 34.7 Å². The molecule has 0 amide bonds. The molecule has 4 heteroatoms. The van der Waals surface area contributed by atoms with Crippen LogP contribution in [0.15, 0.2) is 67.3 Å². The lowest BCUT2D eigenvalue weighted by molar-refractivity contribution is 0.267. The summed E-state index contributed by atoms with van der Waals surface area (Å²) >= 11 is 6.31. The number of halogens is 1. The van der Waals surface area contributed by atoms with Gasteiger partial charge in [0.1, 0.15) is 6.61 Å². The Labute approximate surface area is 190 Å². The minimum atomic E-state index is 0.379. The molecule has 0 saturated carbocycles. The fourth-order valence-corrected chi connectivity index (χ4v) is 3.65. The summed E-state index contributed by atoms with van der Waals surface area (Å²) in [5.74, 6) is 1.49. The molecule has 0 unspecified atom stereocenters. The van der Waals surface area contributed by atoms with Crippen molar-refractivity contribution >= 4 is 17.3 Å². The number of benzene rings is 3. The van der Waals surface area contributed by atoms with E-state index < -0.39 is 0 Å². The van der Waals surface area contributed by atoms with Crippen molar-refractivity contribution in [3.8, 4) is 11.5 Å². The highest BCUT2D eigenvalue weighted by Gasteiger charge is 2.14. The molecule has 0 aliphatic rings. The zero-order valence-electron chi connectivity index (χ0n) is 18.5. The predicted molar refractivity (Wildman–Crippen MR) is 131 cm³/mol. The van der Waals surface area contributed by atoms with E-state index in [0.717, 1.165) is 33.9 Å². The lowest BCUT2D eigenvalue weighted by Gasteiger charge is -2.19. The van der Waals surface area contributed by atoms with E-state index >= 15 is 0 Å². The van der Waals surface area contributed by atoms with Gasteiger partial charge in [0, 0.05) is 28.4 Å². The maximum atomic E-state index is 6.31. The molecule has 0 aliphatic carbocycles. The summed E-state index contributed by atoms with van der Waals surface area (Å²) in [6, 6.07) is 18.2. The van der Waals surface area contributed by atoms with Crippen LogP contribution in [-0.4, -0.2) is 6.61 Å². The molecule has 3 aromatic carbocycles. The molecular formula is C27H30ClNO2. The van der Waals surface area contributed by atoms with Crippen LogP contribution in [0.25, 0.3) is 0 Å². The number of anilines is 1. The van der Waals surface area contributed by atoms with Crippen LogP contribution in [0, 0.1) is 13.8 Å². The van der Waals surface area contributed by atoms with Gasteiger partial charge >= 0.3 is 0 Å². The van der Waals surface area contributed by atoms with Crippen molar-refractivity contribution in [2.45, 2.75) is 40.3 Å². The van der Waals surface area contributed by atoms with Gasteiger partial charge in [0.25, 0.3) is 0 Å². The van der Waals surface area contributed by atoms with Crippen molar-refractivity contribution in [1.29, 1.82) is 0 Å². The number of allylic oxidation sites excluding steroid dienone is 1. The monoisotopic (exact) mass is 435 g/mol. The van der Waals surface area contributed by atoms with Crippen molar-refractivity contribution < 1.29 is 9.47 Å². The van der Waals surface area contributed by atoms with E-state index in [2.05, 4.69) is 56.1 Å². The van der Waals surface area contributed by atoms with Gasteiger partial charge in [0.2, 0.25) is 0 Å². The Morgan fingerprint density at radius 3 is 2.55 bits per heavy atom. The maximum absolute atomic E-state index is 6.31. The van der Waals surface area contributed by atoms with E-state index in [1.54, 1.807) is 0 Å². The minimum absolute atomic E-state index is 0.379. The van der Waals surface area contributed by atoms with Gasteiger partial charge in [-0.1, -0.05) is 48.0 Å². The first-order chi connectivity index (χ1) is 15.0. The highest BCUT2D eigenvalue weighted by Crippen LogP contribution is 2.35. The molecule has 3 rings (SSSR count). The minimum Gasteiger partial charge on any atom is -0.490 e. The zero-order valence-corrected chi connectivity index (χ0v) is 19.3. The Bertz CT molecular complexity index is 1050. The predicted octanol–water partition coefficient (Wildman–Crippen LogP) is 7.28. The van der Waals surface area contributed by atoms with Gasteiger partial charge in [0.05, 0.1) is 6.61 Å². The normalized spacial score (nSPS) is 10.6. The molecule has 1 N–H and O–H groups in total. The number of nitrogens with one attached hydrogen (secondary N) is 1. The Morgan fingerprint density at radius 2 is 1.81 bits per heavy atom. The van der Waals surface area contributed by atoms with Crippen LogP contribution >= 0.6 is 11.6 Å². The first-order valence-corrected chi connectivity index (χ1v) is 11.0. The summed E-state index contributed by atoms with van der Waals surface area (Å²) in [5.41, 5.74) is 6.80. The number of ether oxygens (including phenoxy) is 2. The third-order valence-electron chi connectivity index (χ3n) is 5.27. The Hall–Kier alpha value is -2.91. The van der Waals surface area contributed by atoms with Crippen LogP contribution in [0.5, 0.6) is 11.5 Å². The van der Waals surface area contributed by atoms with Crippen molar-refractivity contribution in [3.05, 3.63) is 100 Å². The fraction of sp³-hybridized carbons (Fsp3) is 0.259. The third kappa shape index (κ3) is 5.83. The average Bonchev–Trinajstić information content (AvgIpc) is 2.76. The van der Waals surface area contributed by atoms with E-state index in [1.165, 1.54) is 11.1 Å². The van der Waals surface area contributed by atoms with Gasteiger partial charge in [-0.3, -0.25) is 0 Å². The molecule has 0 spiro atoms. The quantitative estimate of drug-likeness (QED) is 0.339. The molecule has 3 nitrogen and oxygen atoms in total. The third-order valence-corrected chi connectivity index (χ3v) is 5.64. The van der Waals surface area contributed by atoms with Crippen LogP contribution in [0.3, 0.4) is 0 Å². The van der Waals surface area contributed by atoms with Gasteiger partial charge in [-0.2, -0.15) is 0 Å². The maximum Gasteiger partial charge on any atom is 0.165 e. The van der Waals surface area contributed by atoms with Gasteiger partial charge < -0.3 is 14.8 Å². The summed E-state index contributed by atoms with van der Waals surface area (Å²) in [4.78, 5) is 0. The molecule has 0 aromatic heterocycles. The largest absolute Gasteiger partial charge is 0.490 e. The van der Waals surface area contributed by atoms with Crippen LogP contribution in [0.2, 0.25) is 5.02 Å². The second-order valence-electron chi connectivity index (χ2n) is 7.49. The molecule has 3 aromatic rings. The van der Waals surface area contributed by atoms with E-state index in [4.69, 9.17) is 21.1 Å². The Balaban J connectivity index is 1.87. The van der Waals surface area contributed by atoms with E-state index in [0.29, 0.717) is 31.2 Å². The summed E-state index contributed by atoms with van der Waals surface area (Å²) in [6.07, 6.45) is 2.57. The molecule has 0 atom stereocenters. The number of aryl methyl sites for hydroxylation is 1. The molecule has 0 aliphatic heterocycles. The lowest BCUT2D eigenvalue weighted by atomic mass is 10.0. The van der Waals surface area contributed by atoms with Gasteiger partial charge in [-0.15, -0.1) is 6.58 Å². The Kier molecular flexibility index (Phi) is 8.02. The van der Waals surface area contributed by atoms with Crippen molar-refractivity contribution in [2.75, 3.05) is 11.9 Å². The molecule has 0 fully saturated rings. The van der Waals surface area contributed by atoms with E-state index in [-0.39, 0.29) is 0 Å². The van der Waals surface area contributed by atoms with Crippen LogP contribution < -0.4 is 14.8 Å². The molecular weight excluding hydrogens is 406 g/mol. The smallest absolute Gasteiger partial charge is 0.165 e. The van der Waals surface area contributed by atoms with Crippen LogP contribution in [0.4, 0.5) is 5.69 Å². The Morgan fingerprint density at radius 1 is 1.00 bits per heavy atom. The van der Waals surface area contributed by atoms with E-state index in [1.807, 2.05) is 37.3 Å². The van der Waals surface area contributed by atoms with Crippen molar-refractivity contribution in [1.82, 2.24) is 0 Å². The standard InChI is InChI=1S/C27H30ClNO2/c1-5-10-22-15-21(17-29-25-14-9-11-19(3)20(25)4)16-26(30-6-2)27(22)31-18-23-12-7-8-13-24(23)28/h5,7-9,11-16,29H,1,6,10,17-18H2,2-4H3. The number of rotatable bonds is 10. The highest BCUT2D eigenvalue weighted by atomic mass is 35.5. The molecule has 162 valence electrons. The average molecular weight is 436 g/mol. The van der Waals surface area contributed by atoms with Gasteiger partial charge in [-0.25, -0.2) is 0 Å². The first-order valence-electron chi connectivity index (χ1n) is 10.6. The van der Waals surface area contributed by atoms with Crippen molar-refractivity contribution in [3.63, 3.8) is 0 Å². The second kappa shape index (κ2) is 10.9. The highest BCUT2D eigenvalue weighted by molar-refractivity contribution is 6.31. The summed E-state index contributed by atoms with van der Waals surface area (Å²) in [7, 11) is 0. The number of hydrogen-bond acceptors (Lipinski definition) is 3. The van der Waals surface area contributed by atoms with E-state index in [9.17, 15) is 0 Å². The first kappa shape index (κ1) is 22.8. The second-order valence-corrected chi connectivity index (χ2v) is 7.90. The summed E-state index contributed by atoms with van der Waals surface area (Å²) in [6.45, 7) is 11.8. The molecule has 31 heavy (non-hydrogen) atoms.